The first-order chi connectivity index (χ1) is 10.1. The molecule has 21 heavy (non-hydrogen) atoms. The van der Waals surface area contributed by atoms with Crippen LogP contribution in [0.1, 0.15) is 11.6 Å². The molecular weight excluding hydrogens is 268 g/mol. The number of anilines is 2. The minimum Gasteiger partial charge on any atom is -0.351 e. The highest BCUT2D eigenvalue weighted by Gasteiger charge is 2.15. The molecule has 0 aliphatic rings. The Kier molecular flexibility index (Phi) is 4.53. The molecule has 2 aromatic rings. The topological polar surface area (TPSA) is 110 Å². The molecule has 2 aromatic carbocycles. The van der Waals surface area contributed by atoms with Gasteiger partial charge in [0.15, 0.2) is 0 Å². The monoisotopic (exact) mass is 284 g/mol. The van der Waals surface area contributed by atoms with Gasteiger partial charge in [0.25, 0.3) is 0 Å². The number of rotatable bonds is 4. The van der Waals surface area contributed by atoms with Gasteiger partial charge in [0.05, 0.1) is 0 Å². The van der Waals surface area contributed by atoms with Gasteiger partial charge in [0, 0.05) is 11.4 Å². The van der Waals surface area contributed by atoms with Crippen LogP contribution in [0.2, 0.25) is 0 Å². The van der Waals surface area contributed by atoms with E-state index in [-0.39, 0.29) is 5.91 Å². The van der Waals surface area contributed by atoms with Gasteiger partial charge < -0.3 is 22.1 Å². The standard InChI is InChI=1S/C15H16N4O2/c16-13(10-4-2-1-3-5-10)14(20)18-11-6-8-12(9-7-11)19-15(17)21/h1-9,13H,16H2,(H,18,20)(H3,17,19,21). The van der Waals surface area contributed by atoms with E-state index < -0.39 is 12.1 Å². The molecule has 0 heterocycles. The molecule has 0 spiro atoms. The van der Waals surface area contributed by atoms with Gasteiger partial charge in [-0.1, -0.05) is 30.3 Å². The summed E-state index contributed by atoms with van der Waals surface area (Å²) in [6, 6.07) is 14.3. The number of urea groups is 1. The number of benzene rings is 2. The van der Waals surface area contributed by atoms with E-state index >= 15 is 0 Å². The van der Waals surface area contributed by atoms with Crippen molar-refractivity contribution in [2.24, 2.45) is 11.5 Å². The van der Waals surface area contributed by atoms with Crippen LogP contribution < -0.4 is 22.1 Å². The summed E-state index contributed by atoms with van der Waals surface area (Å²) in [5, 5.41) is 5.15. The van der Waals surface area contributed by atoms with E-state index in [1.54, 1.807) is 36.4 Å². The lowest BCUT2D eigenvalue weighted by molar-refractivity contribution is -0.117. The lowest BCUT2D eigenvalue weighted by atomic mass is 10.1. The number of carbonyl (C=O) groups excluding carboxylic acids is 2. The Labute approximate surface area is 122 Å². The third kappa shape index (κ3) is 4.05. The fraction of sp³-hybridized carbons (Fsp3) is 0.0667. The number of hydrogen-bond donors (Lipinski definition) is 4. The van der Waals surface area contributed by atoms with E-state index in [0.29, 0.717) is 11.4 Å². The van der Waals surface area contributed by atoms with Crippen molar-refractivity contribution >= 4 is 23.3 Å². The number of carbonyl (C=O) groups is 2. The Bertz CT molecular complexity index is 626. The fourth-order valence-electron chi connectivity index (χ4n) is 1.81. The normalized spacial score (nSPS) is 11.5. The molecule has 6 heteroatoms. The zero-order chi connectivity index (χ0) is 15.2. The molecule has 0 aliphatic heterocycles. The van der Waals surface area contributed by atoms with Gasteiger partial charge in [-0.2, -0.15) is 0 Å². The summed E-state index contributed by atoms with van der Waals surface area (Å²) in [6.07, 6.45) is 0. The summed E-state index contributed by atoms with van der Waals surface area (Å²) in [6.45, 7) is 0. The zero-order valence-electron chi connectivity index (χ0n) is 11.2. The average molecular weight is 284 g/mol. The predicted octanol–water partition coefficient (Wildman–Crippen LogP) is 1.82. The molecule has 6 nitrogen and oxygen atoms in total. The highest BCUT2D eigenvalue weighted by atomic mass is 16.2. The van der Waals surface area contributed by atoms with Crippen LogP contribution in [0.3, 0.4) is 0 Å². The van der Waals surface area contributed by atoms with Crippen molar-refractivity contribution < 1.29 is 9.59 Å². The maximum absolute atomic E-state index is 12.0. The van der Waals surface area contributed by atoms with Gasteiger partial charge in [-0.3, -0.25) is 4.79 Å². The fourth-order valence-corrected chi connectivity index (χ4v) is 1.81. The minimum atomic E-state index is -0.741. The third-order valence-electron chi connectivity index (χ3n) is 2.86. The number of amides is 3. The largest absolute Gasteiger partial charge is 0.351 e. The van der Waals surface area contributed by atoms with Crippen LogP contribution in [0.25, 0.3) is 0 Å². The lowest BCUT2D eigenvalue weighted by Crippen LogP contribution is -2.27. The quantitative estimate of drug-likeness (QED) is 0.687. The highest BCUT2D eigenvalue weighted by molar-refractivity contribution is 5.95. The minimum absolute atomic E-state index is 0.309. The highest BCUT2D eigenvalue weighted by Crippen LogP contribution is 2.16. The molecule has 0 bridgehead atoms. The van der Waals surface area contributed by atoms with Crippen molar-refractivity contribution in [3.8, 4) is 0 Å². The third-order valence-corrected chi connectivity index (χ3v) is 2.86. The Morgan fingerprint density at radius 2 is 1.38 bits per heavy atom. The van der Waals surface area contributed by atoms with Crippen LogP contribution in [-0.4, -0.2) is 11.9 Å². The Balaban J connectivity index is 2.01. The van der Waals surface area contributed by atoms with Gasteiger partial charge in [-0.15, -0.1) is 0 Å². The number of nitrogens with one attached hydrogen (secondary N) is 2. The van der Waals surface area contributed by atoms with Crippen LogP contribution in [0, 0.1) is 0 Å². The Morgan fingerprint density at radius 1 is 0.857 bits per heavy atom. The zero-order valence-corrected chi connectivity index (χ0v) is 11.2. The molecule has 3 amide bonds. The predicted molar refractivity (Wildman–Crippen MR) is 81.6 cm³/mol. The second kappa shape index (κ2) is 6.53. The summed E-state index contributed by atoms with van der Waals surface area (Å²) >= 11 is 0. The first-order valence-electron chi connectivity index (χ1n) is 6.34. The summed E-state index contributed by atoms with van der Waals surface area (Å²) in [5.41, 5.74) is 12.8. The molecule has 0 aliphatic carbocycles. The molecule has 0 aromatic heterocycles. The second-order valence-corrected chi connectivity index (χ2v) is 4.44. The van der Waals surface area contributed by atoms with Crippen molar-refractivity contribution in [2.45, 2.75) is 6.04 Å². The van der Waals surface area contributed by atoms with Gasteiger partial charge in [0.2, 0.25) is 5.91 Å². The Hall–Kier alpha value is -2.86. The van der Waals surface area contributed by atoms with Crippen LogP contribution in [-0.2, 0) is 4.79 Å². The van der Waals surface area contributed by atoms with Crippen molar-refractivity contribution in [2.75, 3.05) is 10.6 Å². The van der Waals surface area contributed by atoms with E-state index in [0.717, 1.165) is 5.56 Å². The molecule has 6 N–H and O–H groups in total. The molecule has 0 saturated heterocycles. The summed E-state index contributed by atoms with van der Waals surface area (Å²) in [5.74, 6) is -0.309. The van der Waals surface area contributed by atoms with E-state index in [2.05, 4.69) is 10.6 Å². The van der Waals surface area contributed by atoms with Gasteiger partial charge >= 0.3 is 6.03 Å². The first kappa shape index (κ1) is 14.5. The molecule has 0 saturated carbocycles. The molecular formula is C15H16N4O2. The van der Waals surface area contributed by atoms with E-state index in [1.165, 1.54) is 0 Å². The molecule has 1 unspecified atom stereocenters. The summed E-state index contributed by atoms with van der Waals surface area (Å²) < 4.78 is 0. The van der Waals surface area contributed by atoms with Gasteiger partial charge in [0.1, 0.15) is 6.04 Å². The van der Waals surface area contributed by atoms with Crippen molar-refractivity contribution in [3.63, 3.8) is 0 Å². The van der Waals surface area contributed by atoms with Crippen molar-refractivity contribution in [3.05, 3.63) is 60.2 Å². The lowest BCUT2D eigenvalue weighted by Gasteiger charge is -2.13. The molecule has 1 atom stereocenters. The van der Waals surface area contributed by atoms with Crippen LogP contribution >= 0.6 is 0 Å². The molecule has 0 radical (unpaired) electrons. The van der Waals surface area contributed by atoms with Crippen LogP contribution in [0.15, 0.2) is 54.6 Å². The number of nitrogens with two attached hydrogens (primary N) is 2. The van der Waals surface area contributed by atoms with Gasteiger partial charge in [-0.25, -0.2) is 4.79 Å². The number of hydrogen-bond acceptors (Lipinski definition) is 3. The molecule has 0 fully saturated rings. The average Bonchev–Trinajstić information content (AvgIpc) is 2.49. The molecule has 108 valence electrons. The smallest absolute Gasteiger partial charge is 0.316 e. The van der Waals surface area contributed by atoms with Crippen LogP contribution in [0.5, 0.6) is 0 Å². The second-order valence-electron chi connectivity index (χ2n) is 4.44. The number of primary amides is 1. The molecule has 2 rings (SSSR count). The van der Waals surface area contributed by atoms with Gasteiger partial charge in [-0.05, 0) is 29.8 Å². The maximum atomic E-state index is 12.0. The van der Waals surface area contributed by atoms with Crippen LogP contribution in [0.4, 0.5) is 16.2 Å². The van der Waals surface area contributed by atoms with E-state index in [9.17, 15) is 9.59 Å². The van der Waals surface area contributed by atoms with E-state index in [1.807, 2.05) is 18.2 Å². The summed E-state index contributed by atoms with van der Waals surface area (Å²) in [7, 11) is 0. The summed E-state index contributed by atoms with van der Waals surface area (Å²) in [4.78, 5) is 22.8. The van der Waals surface area contributed by atoms with E-state index in [4.69, 9.17) is 11.5 Å². The van der Waals surface area contributed by atoms with Crippen molar-refractivity contribution in [1.82, 2.24) is 0 Å². The Morgan fingerprint density at radius 3 is 1.90 bits per heavy atom. The first-order valence-corrected chi connectivity index (χ1v) is 6.34. The van der Waals surface area contributed by atoms with Crippen molar-refractivity contribution in [1.29, 1.82) is 0 Å². The maximum Gasteiger partial charge on any atom is 0.316 e. The SMILES string of the molecule is NC(=O)Nc1ccc(NC(=O)C(N)c2ccccc2)cc1.